The molecule has 2 atom stereocenters. The average molecular weight is 438 g/mol. The molecule has 9 nitrogen and oxygen atoms in total. The predicted molar refractivity (Wildman–Crippen MR) is 122 cm³/mol. The Morgan fingerprint density at radius 2 is 2.03 bits per heavy atom. The molecule has 1 aromatic carbocycles. The highest BCUT2D eigenvalue weighted by Crippen LogP contribution is 2.30. The summed E-state index contributed by atoms with van der Waals surface area (Å²) in [5, 5.41) is 33.4. The van der Waals surface area contributed by atoms with Gasteiger partial charge >= 0.3 is 0 Å². The van der Waals surface area contributed by atoms with Crippen molar-refractivity contribution in [2.24, 2.45) is 0 Å². The highest BCUT2D eigenvalue weighted by atomic mass is 16.3. The van der Waals surface area contributed by atoms with Crippen molar-refractivity contribution in [1.29, 1.82) is 10.5 Å². The Bertz CT molecular complexity index is 1440. The van der Waals surface area contributed by atoms with Gasteiger partial charge < -0.3 is 10.0 Å². The number of benzene rings is 1. The molecule has 3 aromatic heterocycles. The Hall–Kier alpha value is -4.21. The molecule has 33 heavy (non-hydrogen) atoms. The summed E-state index contributed by atoms with van der Waals surface area (Å²) in [5.74, 6) is 1.07. The number of rotatable bonds is 4. The summed E-state index contributed by atoms with van der Waals surface area (Å²) < 4.78 is 3.46. The summed E-state index contributed by atoms with van der Waals surface area (Å²) in [5.41, 5.74) is 4.30. The zero-order chi connectivity index (χ0) is 23.1. The lowest BCUT2D eigenvalue weighted by molar-refractivity contribution is 0.198. The highest BCUT2D eigenvalue weighted by Gasteiger charge is 2.25. The number of hydrogen-bond acceptors (Lipinski definition) is 7. The smallest absolute Gasteiger partial charge is 0.163 e. The average Bonchev–Trinajstić information content (AvgIpc) is 3.55. The van der Waals surface area contributed by atoms with Crippen LogP contribution in [0.3, 0.4) is 0 Å². The molecule has 4 aromatic rings. The molecule has 9 heteroatoms. The fourth-order valence-corrected chi connectivity index (χ4v) is 4.39. The number of aliphatic hydroxyl groups excluding tert-OH is 1. The van der Waals surface area contributed by atoms with Crippen molar-refractivity contribution in [3.05, 3.63) is 59.7 Å². The molecule has 164 valence electrons. The number of aryl methyl sites for hydroxylation is 1. The van der Waals surface area contributed by atoms with E-state index in [1.165, 1.54) is 0 Å². The first-order valence-corrected chi connectivity index (χ1v) is 10.8. The van der Waals surface area contributed by atoms with E-state index in [-0.39, 0.29) is 11.7 Å². The van der Waals surface area contributed by atoms with Crippen molar-refractivity contribution in [1.82, 2.24) is 24.3 Å². The van der Waals surface area contributed by atoms with Gasteiger partial charge in [-0.3, -0.25) is 4.57 Å². The van der Waals surface area contributed by atoms with Crippen LogP contribution in [0.1, 0.15) is 42.8 Å². The summed E-state index contributed by atoms with van der Waals surface area (Å²) in [4.78, 5) is 11.5. The Labute approximate surface area is 190 Å². The maximum absolute atomic E-state index is 10.3. The number of nitrogens with zero attached hydrogens (tertiary/aromatic N) is 8. The largest absolute Gasteiger partial charge is 0.389 e. The van der Waals surface area contributed by atoms with Gasteiger partial charge in [-0.05, 0) is 63.1 Å². The summed E-state index contributed by atoms with van der Waals surface area (Å²) in [6.45, 7) is 4.36. The van der Waals surface area contributed by atoms with Crippen molar-refractivity contribution in [2.45, 2.75) is 38.8 Å². The van der Waals surface area contributed by atoms with E-state index in [2.05, 4.69) is 21.1 Å². The number of imidazole rings is 1. The van der Waals surface area contributed by atoms with Crippen molar-refractivity contribution in [3.63, 3.8) is 0 Å². The van der Waals surface area contributed by atoms with Gasteiger partial charge in [0.1, 0.15) is 24.3 Å². The van der Waals surface area contributed by atoms with Gasteiger partial charge in [-0.2, -0.15) is 15.6 Å². The van der Waals surface area contributed by atoms with Crippen molar-refractivity contribution in [3.8, 4) is 23.8 Å². The highest BCUT2D eigenvalue weighted by molar-refractivity contribution is 5.81. The molecule has 4 heterocycles. The van der Waals surface area contributed by atoms with Crippen LogP contribution in [-0.2, 0) is 0 Å². The van der Waals surface area contributed by atoms with E-state index in [1.807, 2.05) is 47.9 Å². The van der Waals surface area contributed by atoms with E-state index in [0.717, 1.165) is 41.8 Å². The number of aromatic nitrogens is 5. The van der Waals surface area contributed by atoms with Crippen LogP contribution in [0.15, 0.2) is 42.7 Å². The Morgan fingerprint density at radius 3 is 2.76 bits per heavy atom. The second-order valence-electron chi connectivity index (χ2n) is 8.22. The minimum absolute atomic E-state index is 0.119. The minimum Gasteiger partial charge on any atom is -0.389 e. The summed E-state index contributed by atoms with van der Waals surface area (Å²) in [7, 11) is 0. The van der Waals surface area contributed by atoms with E-state index in [9.17, 15) is 15.6 Å². The molecule has 1 fully saturated rings. The SMILES string of the molecule is Cc1cc(C#N)nn1-c1nc(-n2cnc3ccc(N4CCC[C@H]4C#N)cc32)ccc1C(C)O. The van der Waals surface area contributed by atoms with Crippen LogP contribution in [0.25, 0.3) is 22.7 Å². The van der Waals surface area contributed by atoms with E-state index in [1.54, 1.807) is 24.0 Å². The third kappa shape index (κ3) is 3.49. The lowest BCUT2D eigenvalue weighted by Gasteiger charge is -2.22. The standard InChI is InChI=1S/C24H22N8O/c1-15-10-17(12-25)29-32(15)24-20(16(2)33)6-8-23(28-24)31-14-27-21-7-5-18(11-22(21)31)30-9-3-4-19(30)13-26/h5-8,10-11,14,16,19,33H,3-4,9H2,1-2H3/t16?,19-/m0/s1. The number of pyridine rings is 1. The number of fused-ring (bicyclic) bond motifs is 1. The van der Waals surface area contributed by atoms with Crippen LogP contribution in [0.2, 0.25) is 0 Å². The summed E-state index contributed by atoms with van der Waals surface area (Å²) in [6, 6.07) is 15.6. The van der Waals surface area contributed by atoms with Crippen molar-refractivity contribution in [2.75, 3.05) is 11.4 Å². The molecule has 0 amide bonds. The second-order valence-corrected chi connectivity index (χ2v) is 8.22. The van der Waals surface area contributed by atoms with Gasteiger partial charge in [-0.15, -0.1) is 0 Å². The lowest BCUT2D eigenvalue weighted by Crippen LogP contribution is -2.27. The zero-order valence-corrected chi connectivity index (χ0v) is 18.3. The predicted octanol–water partition coefficient (Wildman–Crippen LogP) is 3.33. The third-order valence-corrected chi connectivity index (χ3v) is 6.05. The molecular weight excluding hydrogens is 416 g/mol. The Balaban J connectivity index is 1.64. The monoisotopic (exact) mass is 438 g/mol. The molecule has 1 aliphatic rings. The molecule has 1 N–H and O–H groups in total. The number of aliphatic hydroxyl groups is 1. The van der Waals surface area contributed by atoms with Crippen LogP contribution >= 0.6 is 0 Å². The van der Waals surface area contributed by atoms with E-state index in [0.29, 0.717) is 17.2 Å². The molecular formula is C24H22N8O. The second kappa shape index (κ2) is 8.05. The Morgan fingerprint density at radius 1 is 1.18 bits per heavy atom. The fraction of sp³-hybridized carbons (Fsp3) is 0.292. The zero-order valence-electron chi connectivity index (χ0n) is 18.3. The first kappa shape index (κ1) is 20.7. The van der Waals surface area contributed by atoms with Crippen LogP contribution < -0.4 is 4.90 Å². The van der Waals surface area contributed by atoms with Gasteiger partial charge in [0.2, 0.25) is 0 Å². The molecule has 0 aliphatic carbocycles. The molecule has 1 unspecified atom stereocenters. The molecule has 0 bridgehead atoms. The van der Waals surface area contributed by atoms with Crippen LogP contribution in [-0.4, -0.2) is 42.0 Å². The van der Waals surface area contributed by atoms with Crippen molar-refractivity contribution < 1.29 is 5.11 Å². The lowest BCUT2D eigenvalue weighted by atomic mass is 10.1. The molecule has 5 rings (SSSR count). The summed E-state index contributed by atoms with van der Waals surface area (Å²) >= 11 is 0. The molecule has 0 spiro atoms. The fourth-order valence-electron chi connectivity index (χ4n) is 4.39. The normalized spacial score (nSPS) is 16.6. The topological polar surface area (TPSA) is 120 Å². The van der Waals surface area contributed by atoms with E-state index < -0.39 is 6.10 Å². The number of hydrogen-bond donors (Lipinski definition) is 1. The maximum atomic E-state index is 10.3. The minimum atomic E-state index is -0.764. The molecule has 0 saturated carbocycles. The third-order valence-electron chi connectivity index (χ3n) is 6.05. The van der Waals surface area contributed by atoms with Gasteiger partial charge in [0, 0.05) is 23.5 Å². The molecule has 0 radical (unpaired) electrons. The van der Waals surface area contributed by atoms with Crippen molar-refractivity contribution >= 4 is 16.7 Å². The first-order chi connectivity index (χ1) is 16.0. The summed E-state index contributed by atoms with van der Waals surface area (Å²) in [6.07, 6.45) is 2.81. The van der Waals surface area contributed by atoms with E-state index >= 15 is 0 Å². The Kier molecular flexibility index (Phi) is 5.04. The van der Waals surface area contributed by atoms with Gasteiger partial charge in [0.25, 0.3) is 0 Å². The van der Waals surface area contributed by atoms with Crippen LogP contribution in [0.5, 0.6) is 0 Å². The van der Waals surface area contributed by atoms with Gasteiger partial charge in [-0.1, -0.05) is 0 Å². The number of nitriles is 2. The number of anilines is 1. The molecule has 1 saturated heterocycles. The maximum Gasteiger partial charge on any atom is 0.163 e. The first-order valence-electron chi connectivity index (χ1n) is 10.8. The van der Waals surface area contributed by atoms with Gasteiger partial charge in [0.15, 0.2) is 11.5 Å². The van der Waals surface area contributed by atoms with Crippen LogP contribution in [0.4, 0.5) is 5.69 Å². The van der Waals surface area contributed by atoms with Gasteiger partial charge in [0.05, 0.1) is 23.2 Å². The quantitative estimate of drug-likeness (QED) is 0.519. The van der Waals surface area contributed by atoms with Crippen LogP contribution in [0, 0.1) is 29.6 Å². The van der Waals surface area contributed by atoms with Gasteiger partial charge in [-0.25, -0.2) is 14.6 Å². The molecule has 1 aliphatic heterocycles. The van der Waals surface area contributed by atoms with E-state index in [4.69, 9.17) is 4.98 Å².